The number of anilines is 1. The number of rotatable bonds is 2. The number of urea groups is 1. The lowest BCUT2D eigenvalue weighted by atomic mass is 10.0. The van der Waals surface area contributed by atoms with Crippen molar-refractivity contribution in [2.24, 2.45) is 0 Å². The summed E-state index contributed by atoms with van der Waals surface area (Å²) in [4.78, 5) is 31.5. The normalized spacial score (nSPS) is 15.1. The van der Waals surface area contributed by atoms with E-state index in [-0.39, 0.29) is 17.6 Å². The van der Waals surface area contributed by atoms with Crippen LogP contribution in [0, 0.1) is 6.92 Å². The highest BCUT2D eigenvalue weighted by molar-refractivity contribution is 5.89. The van der Waals surface area contributed by atoms with E-state index in [4.69, 9.17) is 0 Å². The second-order valence-corrected chi connectivity index (χ2v) is 6.99. The fourth-order valence-electron chi connectivity index (χ4n) is 3.58. The van der Waals surface area contributed by atoms with E-state index in [1.807, 2.05) is 55.5 Å². The van der Waals surface area contributed by atoms with Crippen LogP contribution in [0.5, 0.6) is 0 Å². The molecule has 0 unspecified atom stereocenters. The highest BCUT2D eigenvalue weighted by atomic mass is 16.2. The Morgan fingerprint density at radius 3 is 2.59 bits per heavy atom. The highest BCUT2D eigenvalue weighted by Crippen LogP contribution is 2.22. The van der Waals surface area contributed by atoms with Gasteiger partial charge < -0.3 is 10.2 Å². The van der Waals surface area contributed by atoms with Crippen LogP contribution in [0.3, 0.4) is 0 Å². The number of hydrogen-bond acceptors (Lipinski definition) is 3. The minimum Gasteiger partial charge on any atom is -0.324 e. The molecule has 3 aromatic rings. The van der Waals surface area contributed by atoms with Crippen LogP contribution in [0.4, 0.5) is 10.5 Å². The maximum absolute atomic E-state index is 12.9. The molecule has 27 heavy (non-hydrogen) atoms. The average Bonchev–Trinajstić information content (AvgIpc) is 2.70. The molecular formula is C21H22N4O2. The molecule has 0 atom stereocenters. The van der Waals surface area contributed by atoms with Gasteiger partial charge in [0.05, 0.1) is 17.2 Å². The molecule has 0 saturated carbocycles. The van der Waals surface area contributed by atoms with Gasteiger partial charge in [-0.3, -0.25) is 9.36 Å². The second-order valence-electron chi connectivity index (χ2n) is 6.99. The summed E-state index contributed by atoms with van der Waals surface area (Å²) in [7, 11) is 0. The molecule has 6 heteroatoms. The van der Waals surface area contributed by atoms with Crippen LogP contribution in [0.25, 0.3) is 10.9 Å². The molecule has 2 amide bonds. The van der Waals surface area contributed by atoms with E-state index in [2.05, 4.69) is 10.3 Å². The minimum atomic E-state index is -0.0979. The number of nitrogens with zero attached hydrogens (tertiary/aromatic N) is 3. The predicted molar refractivity (Wildman–Crippen MR) is 106 cm³/mol. The van der Waals surface area contributed by atoms with Crippen LogP contribution < -0.4 is 10.9 Å². The van der Waals surface area contributed by atoms with Crippen LogP contribution in [0.2, 0.25) is 0 Å². The molecule has 6 nitrogen and oxygen atoms in total. The zero-order valence-electron chi connectivity index (χ0n) is 15.3. The van der Waals surface area contributed by atoms with Gasteiger partial charge >= 0.3 is 6.03 Å². The standard InChI is InChI=1S/C21H22N4O2/c1-15-7-8-19-18(13-15)20(26)25(14-22-19)17-9-11-24(12-10-17)21(27)23-16-5-3-2-4-6-16/h2-8,13-14,17H,9-12H2,1H3,(H,23,27). The Bertz CT molecular complexity index is 1020. The summed E-state index contributed by atoms with van der Waals surface area (Å²) in [6.07, 6.45) is 3.12. The fraction of sp³-hybridized carbons (Fsp3) is 0.286. The zero-order valence-corrected chi connectivity index (χ0v) is 15.3. The van der Waals surface area contributed by atoms with E-state index < -0.39 is 0 Å². The smallest absolute Gasteiger partial charge is 0.321 e. The molecule has 1 aliphatic heterocycles. The third-order valence-electron chi connectivity index (χ3n) is 5.11. The number of hydrogen-bond donors (Lipinski definition) is 1. The molecule has 0 spiro atoms. The van der Waals surface area contributed by atoms with Crippen molar-refractivity contribution in [1.29, 1.82) is 0 Å². The van der Waals surface area contributed by atoms with Crippen molar-refractivity contribution in [3.05, 3.63) is 70.8 Å². The monoisotopic (exact) mass is 362 g/mol. The Morgan fingerprint density at radius 1 is 1.11 bits per heavy atom. The number of nitrogens with one attached hydrogen (secondary N) is 1. The maximum atomic E-state index is 12.9. The molecule has 1 fully saturated rings. The van der Waals surface area contributed by atoms with Gasteiger partial charge in [-0.25, -0.2) is 9.78 Å². The van der Waals surface area contributed by atoms with Crippen LogP contribution in [-0.2, 0) is 0 Å². The predicted octanol–water partition coefficient (Wildman–Crippen LogP) is 3.57. The molecule has 0 bridgehead atoms. The van der Waals surface area contributed by atoms with Gasteiger partial charge in [-0.05, 0) is 44.0 Å². The van der Waals surface area contributed by atoms with Gasteiger partial charge in [-0.1, -0.05) is 29.8 Å². The molecular weight excluding hydrogens is 340 g/mol. The van der Waals surface area contributed by atoms with Crippen molar-refractivity contribution in [3.63, 3.8) is 0 Å². The van der Waals surface area contributed by atoms with Crippen LogP contribution >= 0.6 is 0 Å². The highest BCUT2D eigenvalue weighted by Gasteiger charge is 2.25. The van der Waals surface area contributed by atoms with Crippen LogP contribution in [-0.4, -0.2) is 33.6 Å². The first kappa shape index (κ1) is 17.3. The molecule has 0 radical (unpaired) electrons. The molecule has 138 valence electrons. The largest absolute Gasteiger partial charge is 0.324 e. The molecule has 1 saturated heterocycles. The number of likely N-dealkylation sites (tertiary alicyclic amines) is 1. The first-order valence-corrected chi connectivity index (χ1v) is 9.20. The Kier molecular flexibility index (Phi) is 4.62. The first-order valence-electron chi connectivity index (χ1n) is 9.20. The number of piperidine rings is 1. The molecule has 0 aliphatic carbocycles. The van der Waals surface area contributed by atoms with Gasteiger partial charge in [-0.15, -0.1) is 0 Å². The molecule has 2 heterocycles. The number of aryl methyl sites for hydroxylation is 1. The number of benzene rings is 2. The van der Waals surface area contributed by atoms with Gasteiger partial charge in [0.15, 0.2) is 0 Å². The Morgan fingerprint density at radius 2 is 1.85 bits per heavy atom. The Labute approximate surface area is 157 Å². The third-order valence-corrected chi connectivity index (χ3v) is 5.11. The first-order chi connectivity index (χ1) is 13.1. The topological polar surface area (TPSA) is 67.2 Å². The lowest BCUT2D eigenvalue weighted by Crippen LogP contribution is -2.42. The minimum absolute atomic E-state index is 0.00381. The number of carbonyl (C=O) groups is 1. The van der Waals surface area contributed by atoms with E-state index >= 15 is 0 Å². The van der Waals surface area contributed by atoms with Crippen LogP contribution in [0.1, 0.15) is 24.4 Å². The van der Waals surface area contributed by atoms with Crippen molar-refractivity contribution >= 4 is 22.6 Å². The van der Waals surface area contributed by atoms with Crippen LogP contribution in [0.15, 0.2) is 59.7 Å². The molecule has 4 rings (SSSR count). The van der Waals surface area contributed by atoms with Crippen molar-refractivity contribution in [2.75, 3.05) is 18.4 Å². The summed E-state index contributed by atoms with van der Waals surface area (Å²) in [5.41, 5.74) is 2.55. The lowest BCUT2D eigenvalue weighted by Gasteiger charge is -2.32. The Hall–Kier alpha value is -3.15. The summed E-state index contributed by atoms with van der Waals surface area (Å²) in [6.45, 7) is 3.20. The summed E-state index contributed by atoms with van der Waals surface area (Å²) in [6, 6.07) is 15.1. The van der Waals surface area contributed by atoms with Crippen molar-refractivity contribution in [1.82, 2.24) is 14.5 Å². The summed E-state index contributed by atoms with van der Waals surface area (Å²) < 4.78 is 1.73. The molecule has 1 aromatic heterocycles. The maximum Gasteiger partial charge on any atom is 0.321 e. The molecule has 2 aromatic carbocycles. The van der Waals surface area contributed by atoms with E-state index in [9.17, 15) is 9.59 Å². The Balaban J connectivity index is 1.46. The number of para-hydroxylation sites is 1. The van der Waals surface area contributed by atoms with Crippen molar-refractivity contribution in [3.8, 4) is 0 Å². The van der Waals surface area contributed by atoms with Gasteiger partial charge in [0.1, 0.15) is 0 Å². The zero-order chi connectivity index (χ0) is 18.8. The van der Waals surface area contributed by atoms with E-state index in [1.54, 1.807) is 15.8 Å². The second kappa shape index (κ2) is 7.23. The quantitative estimate of drug-likeness (QED) is 0.758. The van der Waals surface area contributed by atoms with Gasteiger partial charge in [0.2, 0.25) is 0 Å². The molecule has 1 N–H and O–H groups in total. The number of amides is 2. The van der Waals surface area contributed by atoms with E-state index in [1.165, 1.54) is 0 Å². The number of aromatic nitrogens is 2. The SMILES string of the molecule is Cc1ccc2ncn(C3CCN(C(=O)Nc4ccccc4)CC3)c(=O)c2c1. The van der Waals surface area contributed by atoms with Gasteiger partial charge in [-0.2, -0.15) is 0 Å². The summed E-state index contributed by atoms with van der Waals surface area (Å²) >= 11 is 0. The summed E-state index contributed by atoms with van der Waals surface area (Å²) in [5.74, 6) is 0. The third kappa shape index (κ3) is 3.56. The van der Waals surface area contributed by atoms with E-state index in [0.717, 1.165) is 29.6 Å². The number of carbonyl (C=O) groups excluding carboxylic acids is 1. The van der Waals surface area contributed by atoms with Crippen molar-refractivity contribution < 1.29 is 4.79 Å². The average molecular weight is 362 g/mol. The molecule has 1 aliphatic rings. The van der Waals surface area contributed by atoms with Gasteiger partial charge in [0.25, 0.3) is 5.56 Å². The van der Waals surface area contributed by atoms with Gasteiger partial charge in [0, 0.05) is 24.8 Å². The van der Waals surface area contributed by atoms with E-state index in [0.29, 0.717) is 18.5 Å². The summed E-state index contributed by atoms with van der Waals surface area (Å²) in [5, 5.41) is 3.57. The number of fused-ring (bicyclic) bond motifs is 1. The van der Waals surface area contributed by atoms with Crippen molar-refractivity contribution in [2.45, 2.75) is 25.8 Å². The lowest BCUT2D eigenvalue weighted by molar-refractivity contribution is 0.182. The fourth-order valence-corrected chi connectivity index (χ4v) is 3.58.